The summed E-state index contributed by atoms with van der Waals surface area (Å²) in [6.45, 7) is 2.96. The fourth-order valence-electron chi connectivity index (χ4n) is 1.70. The summed E-state index contributed by atoms with van der Waals surface area (Å²) in [6, 6.07) is 3.52. The van der Waals surface area contributed by atoms with Gasteiger partial charge in [0.1, 0.15) is 0 Å². The van der Waals surface area contributed by atoms with Crippen LogP contribution in [0.1, 0.15) is 11.1 Å². The second kappa shape index (κ2) is 7.22. The van der Waals surface area contributed by atoms with Crippen molar-refractivity contribution < 1.29 is 8.42 Å². The van der Waals surface area contributed by atoms with Gasteiger partial charge in [-0.15, -0.1) is 11.6 Å². The Hall–Kier alpha value is -0.140. The van der Waals surface area contributed by atoms with Gasteiger partial charge in [0.25, 0.3) is 0 Å². The van der Waals surface area contributed by atoms with Crippen molar-refractivity contribution in [2.75, 3.05) is 34.2 Å². The van der Waals surface area contributed by atoms with Crippen LogP contribution in [0.4, 0.5) is 0 Å². The topological polar surface area (TPSA) is 40.6 Å². The number of rotatable bonds is 6. The first kappa shape index (κ1) is 17.9. The smallest absolute Gasteiger partial charge is 0.244 e. The van der Waals surface area contributed by atoms with E-state index in [2.05, 4.69) is 15.9 Å². The molecule has 0 aromatic heterocycles. The minimum Gasteiger partial charge on any atom is -0.308 e. The van der Waals surface area contributed by atoms with E-state index in [9.17, 15) is 8.42 Å². The van der Waals surface area contributed by atoms with Gasteiger partial charge in [0.2, 0.25) is 10.0 Å². The number of alkyl halides is 1. The Morgan fingerprint density at radius 1 is 1.20 bits per heavy atom. The average Bonchev–Trinajstić information content (AvgIpc) is 2.38. The fraction of sp³-hybridized carbons (Fsp3) is 0.538. The third-order valence-electron chi connectivity index (χ3n) is 2.99. The molecule has 7 heteroatoms. The van der Waals surface area contributed by atoms with Crippen LogP contribution in [0.3, 0.4) is 0 Å². The Morgan fingerprint density at radius 2 is 1.80 bits per heavy atom. The minimum atomic E-state index is -3.52. The van der Waals surface area contributed by atoms with E-state index in [1.807, 2.05) is 32.0 Å². The van der Waals surface area contributed by atoms with Crippen LogP contribution in [-0.4, -0.2) is 51.9 Å². The fourth-order valence-corrected chi connectivity index (χ4v) is 4.05. The number of aryl methyl sites for hydroxylation is 1. The lowest BCUT2D eigenvalue weighted by atomic mass is 10.2. The van der Waals surface area contributed by atoms with Crippen LogP contribution in [0.15, 0.2) is 21.5 Å². The normalized spacial score (nSPS) is 12.4. The summed E-state index contributed by atoms with van der Waals surface area (Å²) in [4.78, 5) is 2.22. The summed E-state index contributed by atoms with van der Waals surface area (Å²) in [6.07, 6.45) is 0. The van der Waals surface area contributed by atoms with Crippen LogP contribution < -0.4 is 0 Å². The molecule has 0 saturated heterocycles. The molecule has 0 bridgehead atoms. The number of hydrogen-bond donors (Lipinski definition) is 0. The minimum absolute atomic E-state index is 0.273. The van der Waals surface area contributed by atoms with Crippen molar-refractivity contribution in [3.8, 4) is 0 Å². The number of sulfonamides is 1. The Bertz CT molecular complexity index is 576. The van der Waals surface area contributed by atoms with Gasteiger partial charge in [0.05, 0.1) is 4.90 Å². The molecule has 0 N–H and O–H groups in total. The SMILES string of the molecule is Cc1cc(CCl)cc(S(=O)(=O)N(C)CCN(C)C)c1Br. The highest BCUT2D eigenvalue weighted by Crippen LogP contribution is 2.29. The molecule has 0 atom stereocenters. The Balaban J connectivity index is 3.18. The van der Waals surface area contributed by atoms with E-state index in [0.29, 0.717) is 17.6 Å². The zero-order valence-electron chi connectivity index (χ0n) is 12.2. The van der Waals surface area contributed by atoms with E-state index >= 15 is 0 Å². The van der Waals surface area contributed by atoms with Gasteiger partial charge in [-0.3, -0.25) is 0 Å². The van der Waals surface area contributed by atoms with Crippen molar-refractivity contribution in [3.05, 3.63) is 27.7 Å². The molecular formula is C13H20BrClN2O2S. The lowest BCUT2D eigenvalue weighted by molar-refractivity contribution is 0.358. The molecule has 0 aliphatic heterocycles. The number of halogens is 2. The molecule has 0 unspecified atom stereocenters. The van der Waals surface area contributed by atoms with Crippen LogP contribution >= 0.6 is 27.5 Å². The Labute approximate surface area is 134 Å². The highest BCUT2D eigenvalue weighted by Gasteiger charge is 2.24. The zero-order chi connectivity index (χ0) is 15.5. The molecule has 114 valence electrons. The average molecular weight is 384 g/mol. The van der Waals surface area contributed by atoms with Crippen molar-refractivity contribution >= 4 is 37.6 Å². The molecule has 0 fully saturated rings. The zero-order valence-corrected chi connectivity index (χ0v) is 15.3. The molecule has 0 aliphatic rings. The van der Waals surface area contributed by atoms with E-state index in [1.165, 1.54) is 4.31 Å². The first-order chi connectivity index (χ1) is 9.20. The van der Waals surface area contributed by atoms with Crippen molar-refractivity contribution in [2.24, 2.45) is 0 Å². The Morgan fingerprint density at radius 3 is 2.30 bits per heavy atom. The number of nitrogens with zero attached hydrogens (tertiary/aromatic N) is 2. The maximum atomic E-state index is 12.6. The van der Waals surface area contributed by atoms with Gasteiger partial charge < -0.3 is 4.90 Å². The van der Waals surface area contributed by atoms with Crippen LogP contribution in [-0.2, 0) is 15.9 Å². The summed E-state index contributed by atoms with van der Waals surface area (Å²) in [5, 5.41) is 0. The van der Waals surface area contributed by atoms with Gasteiger partial charge >= 0.3 is 0 Å². The lowest BCUT2D eigenvalue weighted by Crippen LogP contribution is -2.33. The van der Waals surface area contributed by atoms with Crippen molar-refractivity contribution in [3.63, 3.8) is 0 Å². The maximum Gasteiger partial charge on any atom is 0.244 e. The van der Waals surface area contributed by atoms with Gasteiger partial charge in [0.15, 0.2) is 0 Å². The van der Waals surface area contributed by atoms with Crippen LogP contribution in [0.2, 0.25) is 0 Å². The number of hydrogen-bond acceptors (Lipinski definition) is 3. The van der Waals surface area contributed by atoms with Crippen LogP contribution in [0.5, 0.6) is 0 Å². The van der Waals surface area contributed by atoms with Crippen LogP contribution in [0, 0.1) is 6.92 Å². The van der Waals surface area contributed by atoms with Crippen molar-refractivity contribution in [1.82, 2.24) is 9.21 Å². The third kappa shape index (κ3) is 4.18. The van der Waals surface area contributed by atoms with Crippen LogP contribution in [0.25, 0.3) is 0 Å². The van der Waals surface area contributed by atoms with E-state index in [4.69, 9.17) is 11.6 Å². The van der Waals surface area contributed by atoms with E-state index in [-0.39, 0.29) is 10.8 Å². The predicted molar refractivity (Wildman–Crippen MR) is 86.8 cm³/mol. The molecule has 0 saturated carbocycles. The molecule has 4 nitrogen and oxygen atoms in total. The van der Waals surface area contributed by atoms with Gasteiger partial charge in [0, 0.05) is 30.5 Å². The summed E-state index contributed by atoms with van der Waals surface area (Å²) >= 11 is 9.19. The highest BCUT2D eigenvalue weighted by atomic mass is 79.9. The largest absolute Gasteiger partial charge is 0.308 e. The standard InChI is InChI=1S/C13H20BrClN2O2S/c1-10-7-11(9-15)8-12(13(10)14)20(18,19)17(4)6-5-16(2)3/h7-8H,5-6,9H2,1-4H3. The molecule has 20 heavy (non-hydrogen) atoms. The summed E-state index contributed by atoms with van der Waals surface area (Å²) in [5.74, 6) is 0.290. The van der Waals surface area contributed by atoms with Crippen molar-refractivity contribution in [2.45, 2.75) is 17.7 Å². The second-order valence-electron chi connectivity index (χ2n) is 4.99. The number of likely N-dealkylation sites (N-methyl/N-ethyl adjacent to an activating group) is 2. The number of benzene rings is 1. The first-order valence-electron chi connectivity index (χ1n) is 6.16. The Kier molecular flexibility index (Phi) is 6.47. The van der Waals surface area contributed by atoms with Crippen molar-refractivity contribution in [1.29, 1.82) is 0 Å². The molecule has 1 aromatic carbocycles. The predicted octanol–water partition coefficient (Wildman–Crippen LogP) is 2.68. The highest BCUT2D eigenvalue weighted by molar-refractivity contribution is 9.10. The lowest BCUT2D eigenvalue weighted by Gasteiger charge is -2.21. The molecule has 0 amide bonds. The molecule has 0 spiro atoms. The van der Waals surface area contributed by atoms with Gasteiger partial charge in [-0.05, 0) is 54.1 Å². The molecule has 1 rings (SSSR count). The molecular weight excluding hydrogens is 364 g/mol. The summed E-state index contributed by atoms with van der Waals surface area (Å²) in [7, 11) is 1.89. The van der Waals surface area contributed by atoms with E-state index in [1.54, 1.807) is 13.1 Å². The second-order valence-corrected chi connectivity index (χ2v) is 8.06. The molecule has 0 radical (unpaired) electrons. The van der Waals surface area contributed by atoms with E-state index < -0.39 is 10.0 Å². The third-order valence-corrected chi connectivity index (χ3v) is 6.49. The molecule has 1 aromatic rings. The summed E-state index contributed by atoms with van der Waals surface area (Å²) < 4.78 is 27.2. The van der Waals surface area contributed by atoms with Gasteiger partial charge in [-0.1, -0.05) is 6.07 Å². The summed E-state index contributed by atoms with van der Waals surface area (Å²) in [5.41, 5.74) is 1.66. The van der Waals surface area contributed by atoms with E-state index in [0.717, 1.165) is 11.1 Å². The molecule has 0 aliphatic carbocycles. The monoisotopic (exact) mass is 382 g/mol. The quantitative estimate of drug-likeness (QED) is 0.709. The molecule has 0 heterocycles. The first-order valence-corrected chi connectivity index (χ1v) is 8.93. The maximum absolute atomic E-state index is 12.6. The van der Waals surface area contributed by atoms with Gasteiger partial charge in [-0.25, -0.2) is 8.42 Å². The van der Waals surface area contributed by atoms with Gasteiger partial charge in [-0.2, -0.15) is 4.31 Å².